The van der Waals surface area contributed by atoms with Crippen LogP contribution in [0.3, 0.4) is 0 Å². The molecule has 6 heteroatoms. The number of carbonyl (C=O) groups excluding carboxylic acids is 1. The van der Waals surface area contributed by atoms with Gasteiger partial charge in [-0.05, 0) is 29.8 Å². The smallest absolute Gasteiger partial charge is 0.234 e. The highest BCUT2D eigenvalue weighted by molar-refractivity contribution is 8.00. The van der Waals surface area contributed by atoms with Gasteiger partial charge in [-0.2, -0.15) is 5.26 Å². The van der Waals surface area contributed by atoms with E-state index in [0.29, 0.717) is 5.56 Å². The Kier molecular flexibility index (Phi) is 4.30. The predicted molar refractivity (Wildman–Crippen MR) is 83.3 cm³/mol. The van der Waals surface area contributed by atoms with Crippen molar-refractivity contribution < 1.29 is 13.6 Å². The van der Waals surface area contributed by atoms with E-state index in [2.05, 4.69) is 0 Å². The number of rotatable bonds is 3. The molecule has 3 rings (SSSR count). The summed E-state index contributed by atoms with van der Waals surface area (Å²) in [6.45, 7) is -0.116. The molecular formula is C17H12F2N2OS. The van der Waals surface area contributed by atoms with Gasteiger partial charge in [-0.25, -0.2) is 8.78 Å². The van der Waals surface area contributed by atoms with Crippen molar-refractivity contribution in [1.29, 1.82) is 5.26 Å². The van der Waals surface area contributed by atoms with E-state index in [1.165, 1.54) is 34.9 Å². The molecule has 3 nitrogen and oxygen atoms in total. The van der Waals surface area contributed by atoms with Crippen LogP contribution in [0.25, 0.3) is 0 Å². The third-order valence-electron chi connectivity index (χ3n) is 3.68. The number of carbonyl (C=O) groups is 1. The minimum atomic E-state index is -0.659. The van der Waals surface area contributed by atoms with Gasteiger partial charge in [0.05, 0.1) is 23.9 Å². The van der Waals surface area contributed by atoms with Crippen molar-refractivity contribution in [2.75, 3.05) is 5.75 Å². The molecule has 0 aromatic heterocycles. The van der Waals surface area contributed by atoms with Crippen LogP contribution in [0.1, 0.15) is 22.1 Å². The molecule has 2 aromatic carbocycles. The number of halogens is 2. The number of amides is 1. The van der Waals surface area contributed by atoms with Crippen LogP contribution in [0.5, 0.6) is 0 Å². The Morgan fingerprint density at radius 1 is 1.17 bits per heavy atom. The molecule has 0 spiro atoms. The molecule has 0 radical (unpaired) electrons. The minimum absolute atomic E-state index is 0.109. The lowest BCUT2D eigenvalue weighted by Crippen LogP contribution is -2.28. The maximum atomic E-state index is 13.8. The first-order valence-corrected chi connectivity index (χ1v) is 7.99. The standard InChI is InChI=1S/C17H12F2N2OS/c18-14-2-1-3-15(19)13(14)9-21-16(22)10-23-17(21)12-6-4-11(8-20)5-7-12/h1-7,17H,9-10H2. The quantitative estimate of drug-likeness (QED) is 0.863. The summed E-state index contributed by atoms with van der Waals surface area (Å²) >= 11 is 1.40. The second-order valence-electron chi connectivity index (χ2n) is 5.12. The summed E-state index contributed by atoms with van der Waals surface area (Å²) in [7, 11) is 0. The molecule has 116 valence electrons. The van der Waals surface area contributed by atoms with Gasteiger partial charge in [-0.3, -0.25) is 4.79 Å². The number of nitriles is 1. The van der Waals surface area contributed by atoms with Gasteiger partial charge in [0.25, 0.3) is 0 Å². The molecule has 1 saturated heterocycles. The molecule has 1 aliphatic heterocycles. The molecule has 0 bridgehead atoms. The number of thioether (sulfide) groups is 1. The average Bonchev–Trinajstić information content (AvgIpc) is 2.92. The summed E-state index contributed by atoms with van der Waals surface area (Å²) in [5, 5.41) is 8.53. The summed E-state index contributed by atoms with van der Waals surface area (Å²) in [5.41, 5.74) is 1.24. The van der Waals surface area contributed by atoms with Crippen molar-refractivity contribution in [2.24, 2.45) is 0 Å². The van der Waals surface area contributed by atoms with Crippen LogP contribution >= 0.6 is 11.8 Å². The van der Waals surface area contributed by atoms with Gasteiger partial charge in [0.15, 0.2) is 0 Å². The molecule has 1 aliphatic rings. The van der Waals surface area contributed by atoms with Gasteiger partial charge in [0.2, 0.25) is 5.91 Å². The highest BCUT2D eigenvalue weighted by atomic mass is 32.2. The first kappa shape index (κ1) is 15.5. The number of nitrogens with zero attached hydrogens (tertiary/aromatic N) is 2. The van der Waals surface area contributed by atoms with Crippen molar-refractivity contribution >= 4 is 17.7 Å². The molecule has 1 amide bonds. The molecule has 1 atom stereocenters. The molecule has 23 heavy (non-hydrogen) atoms. The molecule has 0 saturated carbocycles. The maximum Gasteiger partial charge on any atom is 0.234 e. The summed E-state index contributed by atoms with van der Waals surface area (Å²) in [6.07, 6.45) is 0. The van der Waals surface area contributed by atoms with Crippen LogP contribution in [0, 0.1) is 23.0 Å². The highest BCUT2D eigenvalue weighted by Crippen LogP contribution is 2.40. The van der Waals surface area contributed by atoms with E-state index < -0.39 is 11.6 Å². The third kappa shape index (κ3) is 3.06. The summed E-state index contributed by atoms with van der Waals surface area (Å²) in [5.74, 6) is -1.21. The fourth-order valence-electron chi connectivity index (χ4n) is 2.48. The maximum absolute atomic E-state index is 13.8. The molecule has 2 aromatic rings. The number of hydrogen-bond donors (Lipinski definition) is 0. The van der Waals surface area contributed by atoms with Crippen LogP contribution in [-0.2, 0) is 11.3 Å². The fraction of sp³-hybridized carbons (Fsp3) is 0.176. The normalized spacial score (nSPS) is 17.3. The Morgan fingerprint density at radius 2 is 1.83 bits per heavy atom. The van der Waals surface area contributed by atoms with Gasteiger partial charge < -0.3 is 4.90 Å². The van der Waals surface area contributed by atoms with Gasteiger partial charge in [0, 0.05) is 5.56 Å². The molecule has 1 fully saturated rings. The van der Waals surface area contributed by atoms with Crippen molar-refractivity contribution in [3.8, 4) is 6.07 Å². The van der Waals surface area contributed by atoms with Crippen LogP contribution in [0.4, 0.5) is 8.78 Å². The first-order chi connectivity index (χ1) is 11.1. The Labute approximate surface area is 136 Å². The molecular weight excluding hydrogens is 318 g/mol. The fourth-order valence-corrected chi connectivity index (χ4v) is 3.67. The zero-order valence-corrected chi connectivity index (χ0v) is 12.8. The van der Waals surface area contributed by atoms with Crippen LogP contribution in [0.15, 0.2) is 42.5 Å². The summed E-state index contributed by atoms with van der Waals surface area (Å²) in [6, 6.07) is 12.6. The molecule has 1 heterocycles. The first-order valence-electron chi connectivity index (χ1n) is 6.94. The van der Waals surface area contributed by atoms with Crippen LogP contribution < -0.4 is 0 Å². The van der Waals surface area contributed by atoms with Gasteiger partial charge in [-0.1, -0.05) is 18.2 Å². The van der Waals surface area contributed by atoms with Crippen LogP contribution in [-0.4, -0.2) is 16.6 Å². The monoisotopic (exact) mass is 330 g/mol. The Bertz CT molecular complexity index is 766. The number of benzene rings is 2. The second-order valence-corrected chi connectivity index (χ2v) is 6.19. The lowest BCUT2D eigenvalue weighted by atomic mass is 10.1. The van der Waals surface area contributed by atoms with Gasteiger partial charge in [-0.15, -0.1) is 11.8 Å². The van der Waals surface area contributed by atoms with E-state index in [0.717, 1.165) is 5.56 Å². The SMILES string of the molecule is N#Cc1ccc(C2SCC(=O)N2Cc2c(F)cccc2F)cc1. The van der Waals surface area contributed by atoms with E-state index >= 15 is 0 Å². The van der Waals surface area contributed by atoms with E-state index in [1.54, 1.807) is 24.3 Å². The molecule has 1 unspecified atom stereocenters. The highest BCUT2D eigenvalue weighted by Gasteiger charge is 2.33. The minimum Gasteiger partial charge on any atom is -0.321 e. The zero-order chi connectivity index (χ0) is 16.4. The second kappa shape index (κ2) is 6.39. The Morgan fingerprint density at radius 3 is 2.43 bits per heavy atom. The predicted octanol–water partition coefficient (Wildman–Crippen LogP) is 3.61. The lowest BCUT2D eigenvalue weighted by molar-refractivity contribution is -0.128. The topological polar surface area (TPSA) is 44.1 Å². The Balaban J connectivity index is 1.89. The molecule has 0 aliphatic carbocycles. The largest absolute Gasteiger partial charge is 0.321 e. The van der Waals surface area contributed by atoms with Crippen molar-refractivity contribution in [2.45, 2.75) is 11.9 Å². The van der Waals surface area contributed by atoms with Crippen molar-refractivity contribution in [3.05, 3.63) is 70.8 Å². The van der Waals surface area contributed by atoms with Crippen LogP contribution in [0.2, 0.25) is 0 Å². The van der Waals surface area contributed by atoms with Crippen molar-refractivity contribution in [3.63, 3.8) is 0 Å². The zero-order valence-electron chi connectivity index (χ0n) is 12.0. The third-order valence-corrected chi connectivity index (χ3v) is 4.94. The van der Waals surface area contributed by atoms with Gasteiger partial charge >= 0.3 is 0 Å². The summed E-state index contributed by atoms with van der Waals surface area (Å²) in [4.78, 5) is 13.6. The van der Waals surface area contributed by atoms with E-state index in [1.807, 2.05) is 6.07 Å². The Hall–Kier alpha value is -2.39. The van der Waals surface area contributed by atoms with Gasteiger partial charge in [0.1, 0.15) is 17.0 Å². The van der Waals surface area contributed by atoms with E-state index in [-0.39, 0.29) is 29.1 Å². The number of hydrogen-bond acceptors (Lipinski definition) is 3. The lowest BCUT2D eigenvalue weighted by Gasteiger charge is -2.24. The van der Waals surface area contributed by atoms with E-state index in [9.17, 15) is 13.6 Å². The van der Waals surface area contributed by atoms with Crippen molar-refractivity contribution in [1.82, 2.24) is 4.90 Å². The van der Waals surface area contributed by atoms with E-state index in [4.69, 9.17) is 5.26 Å². The average molecular weight is 330 g/mol. The summed E-state index contributed by atoms with van der Waals surface area (Å²) < 4.78 is 27.7. The molecule has 0 N–H and O–H groups in total.